The second-order valence-electron chi connectivity index (χ2n) is 5.53. The van der Waals surface area contributed by atoms with Gasteiger partial charge < -0.3 is 14.8 Å². The van der Waals surface area contributed by atoms with E-state index >= 15 is 0 Å². The first kappa shape index (κ1) is 15.5. The van der Waals surface area contributed by atoms with Crippen molar-refractivity contribution in [2.24, 2.45) is 0 Å². The van der Waals surface area contributed by atoms with Crippen LogP contribution in [0.25, 0.3) is 0 Å². The van der Waals surface area contributed by atoms with Crippen molar-refractivity contribution in [3.63, 3.8) is 0 Å². The average Bonchev–Trinajstić information content (AvgIpc) is 2.97. The van der Waals surface area contributed by atoms with Crippen LogP contribution in [0.4, 0.5) is 0 Å². The summed E-state index contributed by atoms with van der Waals surface area (Å²) in [5, 5.41) is 2.93. The van der Waals surface area contributed by atoms with Gasteiger partial charge >= 0.3 is 0 Å². The van der Waals surface area contributed by atoms with Crippen molar-refractivity contribution < 1.29 is 9.59 Å². The maximum absolute atomic E-state index is 12.8. The highest BCUT2D eigenvalue weighted by Crippen LogP contribution is 2.22. The molecule has 1 fully saturated rings. The summed E-state index contributed by atoms with van der Waals surface area (Å²) in [4.78, 5) is 30.5. The van der Waals surface area contributed by atoms with Gasteiger partial charge in [0.25, 0.3) is 0 Å². The average molecular weight is 292 g/mol. The van der Waals surface area contributed by atoms with Gasteiger partial charge in [0.1, 0.15) is 5.54 Å². The van der Waals surface area contributed by atoms with Crippen LogP contribution >= 0.6 is 0 Å². The Morgan fingerprint density at radius 2 is 2.05 bits per heavy atom. The molecule has 0 aliphatic carbocycles. The normalized spacial score (nSPS) is 18.5. The molecule has 2 heterocycles. The van der Waals surface area contributed by atoms with E-state index in [4.69, 9.17) is 0 Å². The lowest BCUT2D eigenvalue weighted by atomic mass is 9.91. The van der Waals surface area contributed by atoms with Gasteiger partial charge in [-0.3, -0.25) is 9.59 Å². The molecule has 0 atom stereocenters. The van der Waals surface area contributed by atoms with Gasteiger partial charge in [0.15, 0.2) is 0 Å². The minimum Gasteiger partial charge on any atom is -0.342 e. The van der Waals surface area contributed by atoms with Crippen LogP contribution in [0.15, 0.2) is 18.7 Å². The summed E-state index contributed by atoms with van der Waals surface area (Å²) in [7, 11) is 0. The van der Waals surface area contributed by atoms with E-state index in [1.807, 2.05) is 29.5 Å². The summed E-state index contributed by atoms with van der Waals surface area (Å²) < 4.78 is 2.00. The molecular formula is C15H24N4O2. The Balaban J connectivity index is 2.00. The van der Waals surface area contributed by atoms with Crippen LogP contribution in [0.3, 0.4) is 0 Å². The molecule has 2 amide bonds. The highest BCUT2D eigenvalue weighted by Gasteiger charge is 2.41. The highest BCUT2D eigenvalue weighted by atomic mass is 16.2. The third-order valence-electron chi connectivity index (χ3n) is 4.29. The molecule has 6 nitrogen and oxygen atoms in total. The Kier molecular flexibility index (Phi) is 4.98. The molecule has 116 valence electrons. The molecular weight excluding hydrogens is 268 g/mol. The summed E-state index contributed by atoms with van der Waals surface area (Å²) in [5.41, 5.74) is -0.720. The Morgan fingerprint density at radius 3 is 2.67 bits per heavy atom. The minimum atomic E-state index is -0.720. The molecule has 1 aromatic heterocycles. The quantitative estimate of drug-likeness (QED) is 0.856. The van der Waals surface area contributed by atoms with Crippen LogP contribution in [0.2, 0.25) is 0 Å². The molecule has 2 rings (SSSR count). The Morgan fingerprint density at radius 1 is 1.29 bits per heavy atom. The zero-order chi connectivity index (χ0) is 15.3. The van der Waals surface area contributed by atoms with Crippen LogP contribution in [-0.4, -0.2) is 44.9 Å². The maximum atomic E-state index is 12.8. The van der Waals surface area contributed by atoms with Crippen LogP contribution in [0, 0.1) is 0 Å². The van der Waals surface area contributed by atoms with Gasteiger partial charge in [-0.15, -0.1) is 0 Å². The first-order chi connectivity index (χ1) is 10.1. The molecule has 0 radical (unpaired) electrons. The molecule has 0 spiro atoms. The van der Waals surface area contributed by atoms with Crippen molar-refractivity contribution in [2.75, 3.05) is 13.1 Å². The van der Waals surface area contributed by atoms with Crippen molar-refractivity contribution in [3.05, 3.63) is 18.7 Å². The Hall–Kier alpha value is -1.85. The zero-order valence-corrected chi connectivity index (χ0v) is 12.8. The summed E-state index contributed by atoms with van der Waals surface area (Å²) in [6, 6.07) is 0. The molecule has 1 aliphatic heterocycles. The van der Waals surface area contributed by atoms with Crippen LogP contribution < -0.4 is 5.32 Å². The van der Waals surface area contributed by atoms with Crippen molar-refractivity contribution >= 4 is 11.8 Å². The number of hydrogen-bond acceptors (Lipinski definition) is 3. The first-order valence-corrected chi connectivity index (χ1v) is 7.67. The van der Waals surface area contributed by atoms with Crippen LogP contribution in [-0.2, 0) is 16.1 Å². The fourth-order valence-corrected chi connectivity index (χ4v) is 2.83. The predicted molar refractivity (Wildman–Crippen MR) is 79.5 cm³/mol. The van der Waals surface area contributed by atoms with Crippen LogP contribution in [0.5, 0.6) is 0 Å². The monoisotopic (exact) mass is 292 g/mol. The summed E-state index contributed by atoms with van der Waals surface area (Å²) in [5.74, 6) is 0.0353. The molecule has 0 bridgehead atoms. The number of nitrogens with one attached hydrogen (secondary N) is 1. The minimum absolute atomic E-state index is 0.0239. The van der Waals surface area contributed by atoms with E-state index in [0.717, 1.165) is 13.0 Å². The number of aromatic nitrogens is 2. The lowest BCUT2D eigenvalue weighted by Gasteiger charge is -2.33. The lowest BCUT2D eigenvalue weighted by Crippen LogP contribution is -2.56. The predicted octanol–water partition coefficient (Wildman–Crippen LogP) is 1.18. The maximum Gasteiger partial charge on any atom is 0.248 e. The Labute approximate surface area is 125 Å². The van der Waals surface area contributed by atoms with E-state index in [0.29, 0.717) is 32.4 Å². The van der Waals surface area contributed by atoms with Gasteiger partial charge in [-0.1, -0.05) is 13.8 Å². The molecule has 1 saturated heterocycles. The van der Waals surface area contributed by atoms with Crippen molar-refractivity contribution in [3.8, 4) is 0 Å². The van der Waals surface area contributed by atoms with Gasteiger partial charge in [0, 0.05) is 38.4 Å². The van der Waals surface area contributed by atoms with Gasteiger partial charge in [-0.25, -0.2) is 4.98 Å². The van der Waals surface area contributed by atoms with E-state index in [1.54, 1.807) is 12.5 Å². The molecule has 0 unspecified atom stereocenters. The van der Waals surface area contributed by atoms with E-state index in [1.165, 1.54) is 0 Å². The molecule has 0 aromatic carbocycles. The number of nitrogens with zero attached hydrogens (tertiary/aromatic N) is 3. The summed E-state index contributed by atoms with van der Waals surface area (Å²) in [6.07, 6.45) is 7.95. The topological polar surface area (TPSA) is 67.2 Å². The first-order valence-electron chi connectivity index (χ1n) is 7.67. The summed E-state index contributed by atoms with van der Waals surface area (Å²) in [6.45, 7) is 5.92. The number of hydrogen-bond donors (Lipinski definition) is 1. The van der Waals surface area contributed by atoms with E-state index in [2.05, 4.69) is 10.3 Å². The van der Waals surface area contributed by atoms with Gasteiger partial charge in [0.2, 0.25) is 11.8 Å². The van der Waals surface area contributed by atoms with Crippen molar-refractivity contribution in [1.29, 1.82) is 0 Å². The standard InChI is InChI=1S/C15H24N4O2/c1-3-15(4-2)14(21)19(10-6-13(20)17-15)9-5-8-18-11-7-16-12-18/h7,11-12H,3-6,8-10H2,1-2H3,(H,17,20). The fourth-order valence-electron chi connectivity index (χ4n) is 2.83. The van der Waals surface area contributed by atoms with Crippen molar-refractivity contribution in [2.45, 2.75) is 51.6 Å². The zero-order valence-electron chi connectivity index (χ0n) is 12.8. The van der Waals surface area contributed by atoms with Gasteiger partial charge in [0.05, 0.1) is 6.33 Å². The molecule has 21 heavy (non-hydrogen) atoms. The lowest BCUT2D eigenvalue weighted by molar-refractivity contribution is -0.139. The summed E-state index contributed by atoms with van der Waals surface area (Å²) >= 11 is 0. The van der Waals surface area contributed by atoms with Gasteiger partial charge in [-0.05, 0) is 19.3 Å². The second kappa shape index (κ2) is 6.74. The number of carbonyl (C=O) groups is 2. The molecule has 0 saturated carbocycles. The number of imidazole rings is 1. The molecule has 1 aromatic rings. The third-order valence-corrected chi connectivity index (χ3v) is 4.29. The second-order valence-corrected chi connectivity index (χ2v) is 5.53. The molecule has 1 aliphatic rings. The SMILES string of the molecule is CCC1(CC)NC(=O)CCN(CCCn2ccnc2)C1=O. The van der Waals surface area contributed by atoms with E-state index in [9.17, 15) is 9.59 Å². The number of rotatable bonds is 6. The van der Waals surface area contributed by atoms with E-state index < -0.39 is 5.54 Å². The highest BCUT2D eigenvalue weighted by molar-refractivity contribution is 5.93. The molecule has 6 heteroatoms. The van der Waals surface area contributed by atoms with Crippen molar-refractivity contribution in [1.82, 2.24) is 19.8 Å². The van der Waals surface area contributed by atoms with Crippen LogP contribution in [0.1, 0.15) is 39.5 Å². The Bertz CT molecular complexity index is 480. The molecule has 1 N–H and O–H groups in total. The number of aryl methyl sites for hydroxylation is 1. The van der Waals surface area contributed by atoms with E-state index in [-0.39, 0.29) is 11.8 Å². The number of carbonyl (C=O) groups excluding carboxylic acids is 2. The van der Waals surface area contributed by atoms with Gasteiger partial charge in [-0.2, -0.15) is 0 Å². The largest absolute Gasteiger partial charge is 0.342 e. The third kappa shape index (κ3) is 3.43. The fraction of sp³-hybridized carbons (Fsp3) is 0.667. The number of amides is 2. The smallest absolute Gasteiger partial charge is 0.248 e.